The van der Waals surface area contributed by atoms with E-state index in [9.17, 15) is 14.4 Å². The predicted octanol–water partition coefficient (Wildman–Crippen LogP) is 5.21. The van der Waals surface area contributed by atoms with Crippen LogP contribution in [0.25, 0.3) is 6.08 Å². The van der Waals surface area contributed by atoms with E-state index in [4.69, 9.17) is 9.57 Å². The number of urea groups is 1. The molecule has 1 fully saturated rings. The standard InChI is InChI=1S/C31H42N4O5/c1-4-32-31(38)35(25-17-9-6-10-18-25)33-29(36)27(22-23(2)3)26(19-13-16-24-14-7-5-8-15-24)30(37)34-40-28-20-11-12-21-39-28/h5-10,13-18,23,26-28H,4,11-12,19-22H2,1-3H3,(H,32,38)(H,33,36)(H,34,37)/b16-13+/t26-,27+,28?/m0/s1. The lowest BCUT2D eigenvalue weighted by atomic mass is 9.82. The summed E-state index contributed by atoms with van der Waals surface area (Å²) in [4.78, 5) is 45.9. The van der Waals surface area contributed by atoms with Gasteiger partial charge < -0.3 is 10.1 Å². The number of rotatable bonds is 12. The van der Waals surface area contributed by atoms with Crippen molar-refractivity contribution < 1.29 is 24.0 Å². The number of benzene rings is 2. The molecule has 2 aromatic rings. The van der Waals surface area contributed by atoms with Crippen LogP contribution in [0.5, 0.6) is 0 Å². The summed E-state index contributed by atoms with van der Waals surface area (Å²) in [5.74, 6) is -2.21. The van der Waals surface area contributed by atoms with Crippen LogP contribution in [0.4, 0.5) is 10.5 Å². The third-order valence-corrected chi connectivity index (χ3v) is 6.58. The summed E-state index contributed by atoms with van der Waals surface area (Å²) >= 11 is 0. The summed E-state index contributed by atoms with van der Waals surface area (Å²) in [6, 6.07) is 18.2. The van der Waals surface area contributed by atoms with Gasteiger partial charge in [0, 0.05) is 19.6 Å². The maximum Gasteiger partial charge on any atom is 0.340 e. The van der Waals surface area contributed by atoms with Crippen molar-refractivity contribution in [3.63, 3.8) is 0 Å². The normalized spacial score (nSPS) is 16.8. The van der Waals surface area contributed by atoms with E-state index in [1.165, 1.54) is 5.01 Å². The van der Waals surface area contributed by atoms with E-state index >= 15 is 0 Å². The zero-order valence-electron chi connectivity index (χ0n) is 23.7. The molecule has 4 amide bonds. The fourth-order valence-corrected chi connectivity index (χ4v) is 4.57. The van der Waals surface area contributed by atoms with Crippen LogP contribution < -0.4 is 21.2 Å². The summed E-state index contributed by atoms with van der Waals surface area (Å²) in [6.45, 7) is 6.78. The molecule has 0 aliphatic carbocycles. The number of nitrogens with one attached hydrogen (secondary N) is 3. The van der Waals surface area contributed by atoms with Gasteiger partial charge in [-0.2, -0.15) is 0 Å². The molecule has 9 heteroatoms. The maximum atomic E-state index is 13.9. The summed E-state index contributed by atoms with van der Waals surface area (Å²) in [5, 5.41) is 3.93. The second-order valence-corrected chi connectivity index (χ2v) is 10.3. The molecule has 1 heterocycles. The average Bonchev–Trinajstić information content (AvgIpc) is 2.97. The molecule has 0 radical (unpaired) electrons. The minimum atomic E-state index is -0.752. The smallest absolute Gasteiger partial charge is 0.340 e. The van der Waals surface area contributed by atoms with Crippen LogP contribution in [0.2, 0.25) is 0 Å². The van der Waals surface area contributed by atoms with Gasteiger partial charge in [0.25, 0.3) is 0 Å². The molecule has 3 rings (SSSR count). The van der Waals surface area contributed by atoms with E-state index < -0.39 is 36.0 Å². The van der Waals surface area contributed by atoms with E-state index in [0.29, 0.717) is 38.1 Å². The molecule has 2 aromatic carbocycles. The van der Waals surface area contributed by atoms with Gasteiger partial charge in [0.05, 0.1) is 17.5 Å². The number of carbonyl (C=O) groups excluding carboxylic acids is 3. The Labute approximate surface area is 237 Å². The predicted molar refractivity (Wildman–Crippen MR) is 155 cm³/mol. The third-order valence-electron chi connectivity index (χ3n) is 6.58. The molecule has 0 spiro atoms. The zero-order chi connectivity index (χ0) is 28.7. The highest BCUT2D eigenvalue weighted by Gasteiger charge is 2.36. The second kappa shape index (κ2) is 16.4. The first-order chi connectivity index (χ1) is 19.4. The number of carbonyl (C=O) groups is 3. The molecule has 40 heavy (non-hydrogen) atoms. The molecule has 0 aromatic heterocycles. The molecule has 3 atom stereocenters. The fraction of sp³-hybridized carbons (Fsp3) is 0.452. The lowest BCUT2D eigenvalue weighted by Gasteiger charge is -2.30. The number of hydrogen-bond donors (Lipinski definition) is 3. The number of hydrazine groups is 1. The molecular weight excluding hydrogens is 508 g/mol. The Morgan fingerprint density at radius 2 is 1.70 bits per heavy atom. The summed E-state index contributed by atoms with van der Waals surface area (Å²) in [6.07, 6.45) is 6.65. The van der Waals surface area contributed by atoms with Gasteiger partial charge in [-0.3, -0.25) is 15.0 Å². The van der Waals surface area contributed by atoms with Crippen molar-refractivity contribution in [3.05, 3.63) is 72.3 Å². The van der Waals surface area contributed by atoms with Gasteiger partial charge in [-0.1, -0.05) is 74.5 Å². The Morgan fingerprint density at radius 3 is 2.33 bits per heavy atom. The molecule has 0 saturated carbocycles. The average molecular weight is 551 g/mol. The Balaban J connectivity index is 1.85. The summed E-state index contributed by atoms with van der Waals surface area (Å²) in [7, 11) is 0. The summed E-state index contributed by atoms with van der Waals surface area (Å²) < 4.78 is 5.59. The molecular formula is C31H42N4O5. The number of nitrogens with zero attached hydrogens (tertiary/aromatic N) is 1. The lowest BCUT2D eigenvalue weighted by molar-refractivity contribution is -0.203. The van der Waals surface area contributed by atoms with Gasteiger partial charge in [0.1, 0.15) is 0 Å². The molecule has 1 unspecified atom stereocenters. The van der Waals surface area contributed by atoms with Crippen LogP contribution in [-0.2, 0) is 19.2 Å². The van der Waals surface area contributed by atoms with Crippen molar-refractivity contribution in [3.8, 4) is 0 Å². The number of anilines is 1. The van der Waals surface area contributed by atoms with Gasteiger partial charge in [-0.05, 0) is 56.2 Å². The quantitative estimate of drug-likeness (QED) is 0.315. The second-order valence-electron chi connectivity index (χ2n) is 10.3. The first kappa shape index (κ1) is 30.8. The number of amides is 4. The van der Waals surface area contributed by atoms with Crippen molar-refractivity contribution in [2.45, 2.75) is 59.2 Å². The van der Waals surface area contributed by atoms with Gasteiger partial charge in [-0.15, -0.1) is 0 Å². The minimum Gasteiger partial charge on any atom is -0.350 e. The first-order valence-corrected chi connectivity index (χ1v) is 14.1. The van der Waals surface area contributed by atoms with Crippen LogP contribution in [0, 0.1) is 17.8 Å². The number of hydrogen-bond acceptors (Lipinski definition) is 5. The van der Waals surface area contributed by atoms with Gasteiger partial charge in [-0.25, -0.2) is 20.1 Å². The molecule has 9 nitrogen and oxygen atoms in total. The van der Waals surface area contributed by atoms with E-state index in [2.05, 4.69) is 16.2 Å². The van der Waals surface area contributed by atoms with Crippen molar-refractivity contribution in [1.29, 1.82) is 0 Å². The molecule has 0 bridgehead atoms. The van der Waals surface area contributed by atoms with Crippen molar-refractivity contribution in [1.82, 2.24) is 16.2 Å². The van der Waals surface area contributed by atoms with Crippen LogP contribution in [0.15, 0.2) is 66.7 Å². The van der Waals surface area contributed by atoms with Crippen LogP contribution in [0.1, 0.15) is 58.4 Å². The molecule has 1 saturated heterocycles. The number of hydroxylamine groups is 1. The fourth-order valence-electron chi connectivity index (χ4n) is 4.57. The third kappa shape index (κ3) is 9.81. The molecule has 3 N–H and O–H groups in total. The van der Waals surface area contributed by atoms with Gasteiger partial charge >= 0.3 is 6.03 Å². The highest BCUT2D eigenvalue weighted by molar-refractivity contribution is 5.96. The molecule has 1 aliphatic rings. The SMILES string of the molecule is CCNC(=O)N(NC(=O)[C@H](CC(C)C)[C@H](C/C=C/c1ccccc1)C(=O)NOC1CCCCO1)c1ccccc1. The van der Waals surface area contributed by atoms with Crippen molar-refractivity contribution in [2.24, 2.45) is 17.8 Å². The minimum absolute atomic E-state index is 0.112. The molecule has 1 aliphatic heterocycles. The topological polar surface area (TPSA) is 109 Å². The van der Waals surface area contributed by atoms with Crippen molar-refractivity contribution >= 4 is 29.6 Å². The lowest BCUT2D eigenvalue weighted by Crippen LogP contribution is -2.54. The Bertz CT molecular complexity index is 1090. The zero-order valence-corrected chi connectivity index (χ0v) is 23.7. The Hall–Kier alpha value is -3.69. The van der Waals surface area contributed by atoms with E-state index in [0.717, 1.165) is 18.4 Å². The van der Waals surface area contributed by atoms with E-state index in [-0.39, 0.29) is 5.92 Å². The van der Waals surface area contributed by atoms with Crippen LogP contribution >= 0.6 is 0 Å². The number of ether oxygens (including phenoxy) is 1. The van der Waals surface area contributed by atoms with Crippen molar-refractivity contribution in [2.75, 3.05) is 18.2 Å². The Morgan fingerprint density at radius 1 is 1.00 bits per heavy atom. The van der Waals surface area contributed by atoms with E-state index in [1.807, 2.05) is 62.4 Å². The maximum absolute atomic E-state index is 13.9. The monoisotopic (exact) mass is 550 g/mol. The number of para-hydroxylation sites is 1. The highest BCUT2D eigenvalue weighted by Crippen LogP contribution is 2.27. The van der Waals surface area contributed by atoms with E-state index in [1.54, 1.807) is 31.2 Å². The van der Waals surface area contributed by atoms with Crippen LogP contribution in [-0.4, -0.2) is 37.3 Å². The van der Waals surface area contributed by atoms with Gasteiger partial charge in [0.15, 0.2) is 6.29 Å². The highest BCUT2D eigenvalue weighted by atomic mass is 16.8. The first-order valence-electron chi connectivity index (χ1n) is 14.1. The van der Waals surface area contributed by atoms with Crippen LogP contribution in [0.3, 0.4) is 0 Å². The molecule has 216 valence electrons. The number of allylic oxidation sites excluding steroid dienone is 1. The largest absolute Gasteiger partial charge is 0.350 e. The summed E-state index contributed by atoms with van der Waals surface area (Å²) in [5.41, 5.74) is 6.85. The Kier molecular flexibility index (Phi) is 12.7. The van der Waals surface area contributed by atoms with Gasteiger partial charge in [0.2, 0.25) is 11.8 Å².